The molecule has 2 aromatic heterocycles. The fourth-order valence-electron chi connectivity index (χ4n) is 2.43. The number of rotatable bonds is 3. The molecule has 0 aliphatic carbocycles. The van der Waals surface area contributed by atoms with E-state index >= 15 is 0 Å². The van der Waals surface area contributed by atoms with E-state index in [9.17, 15) is 15.0 Å². The van der Waals surface area contributed by atoms with Gasteiger partial charge < -0.3 is 30.5 Å². The van der Waals surface area contributed by atoms with Crippen LogP contribution in [-0.4, -0.2) is 67.1 Å². The first-order valence-corrected chi connectivity index (χ1v) is 6.42. The van der Waals surface area contributed by atoms with Crippen LogP contribution >= 0.6 is 0 Å². The zero-order valence-corrected chi connectivity index (χ0v) is 11.5. The molecule has 4 atom stereocenters. The lowest BCUT2D eigenvalue weighted by Gasteiger charge is -2.15. The third kappa shape index (κ3) is 2.02. The SMILES string of the molecule is COc1nn([C@@H]2O[C@H](CO)[C@@H](O)[C@H]2O)c2nc(N)[nH]c(=O)c12. The minimum absolute atomic E-state index is 0.0264. The Balaban J connectivity index is 2.18. The molecule has 3 rings (SSSR count). The lowest BCUT2D eigenvalue weighted by Crippen LogP contribution is -2.33. The molecule has 11 heteroatoms. The van der Waals surface area contributed by atoms with Gasteiger partial charge in [0.05, 0.1) is 13.7 Å². The Morgan fingerprint density at radius 1 is 1.45 bits per heavy atom. The molecule has 0 bridgehead atoms. The van der Waals surface area contributed by atoms with E-state index in [1.165, 1.54) is 7.11 Å². The number of anilines is 1. The number of nitrogens with one attached hydrogen (secondary N) is 1. The quantitative estimate of drug-likeness (QED) is 0.405. The zero-order valence-electron chi connectivity index (χ0n) is 11.5. The van der Waals surface area contributed by atoms with Gasteiger partial charge in [-0.2, -0.15) is 4.98 Å². The number of hydrogen-bond acceptors (Lipinski definition) is 9. The van der Waals surface area contributed by atoms with E-state index in [1.807, 2.05) is 0 Å². The Bertz CT molecular complexity index is 757. The first-order chi connectivity index (χ1) is 10.5. The van der Waals surface area contributed by atoms with Gasteiger partial charge in [-0.1, -0.05) is 0 Å². The van der Waals surface area contributed by atoms with E-state index in [4.69, 9.17) is 20.3 Å². The van der Waals surface area contributed by atoms with Gasteiger partial charge in [0.1, 0.15) is 23.7 Å². The van der Waals surface area contributed by atoms with Gasteiger partial charge >= 0.3 is 0 Å². The molecule has 0 amide bonds. The number of aromatic amines is 1. The largest absolute Gasteiger partial charge is 0.479 e. The van der Waals surface area contributed by atoms with Gasteiger partial charge in [0.2, 0.25) is 11.8 Å². The number of ether oxygens (including phenoxy) is 2. The minimum Gasteiger partial charge on any atom is -0.479 e. The van der Waals surface area contributed by atoms with Crippen molar-refractivity contribution >= 4 is 17.0 Å². The molecule has 1 aliphatic rings. The second-order valence-electron chi connectivity index (χ2n) is 4.83. The smallest absolute Gasteiger partial charge is 0.267 e. The van der Waals surface area contributed by atoms with E-state index in [-0.39, 0.29) is 22.9 Å². The topological polar surface area (TPSA) is 169 Å². The fourth-order valence-corrected chi connectivity index (χ4v) is 2.43. The van der Waals surface area contributed by atoms with E-state index in [2.05, 4.69) is 15.1 Å². The highest BCUT2D eigenvalue weighted by atomic mass is 16.6. The predicted molar refractivity (Wildman–Crippen MR) is 72.1 cm³/mol. The van der Waals surface area contributed by atoms with Gasteiger partial charge in [-0.05, 0) is 0 Å². The number of aliphatic hydroxyl groups is 3. The number of aromatic nitrogens is 4. The van der Waals surface area contributed by atoms with Crippen molar-refractivity contribution in [3.63, 3.8) is 0 Å². The molecule has 0 unspecified atom stereocenters. The van der Waals surface area contributed by atoms with E-state index in [0.717, 1.165) is 4.68 Å². The molecule has 0 radical (unpaired) electrons. The van der Waals surface area contributed by atoms with Crippen LogP contribution in [0.25, 0.3) is 11.0 Å². The van der Waals surface area contributed by atoms with Crippen molar-refractivity contribution in [2.24, 2.45) is 0 Å². The summed E-state index contributed by atoms with van der Waals surface area (Å²) in [5, 5.41) is 33.1. The van der Waals surface area contributed by atoms with Crippen LogP contribution in [0.3, 0.4) is 0 Å². The van der Waals surface area contributed by atoms with Crippen LogP contribution in [0.2, 0.25) is 0 Å². The molecule has 0 aromatic carbocycles. The van der Waals surface area contributed by atoms with Crippen LogP contribution in [0.1, 0.15) is 6.23 Å². The Hall–Kier alpha value is -2.21. The molecule has 3 heterocycles. The monoisotopic (exact) mass is 313 g/mol. The van der Waals surface area contributed by atoms with Crippen LogP contribution in [-0.2, 0) is 4.74 Å². The van der Waals surface area contributed by atoms with Gasteiger partial charge in [-0.3, -0.25) is 9.78 Å². The first kappa shape index (κ1) is 14.7. The number of nitrogens with zero attached hydrogens (tertiary/aromatic N) is 3. The second-order valence-corrected chi connectivity index (χ2v) is 4.83. The summed E-state index contributed by atoms with van der Waals surface area (Å²) in [6.45, 7) is -0.485. The molecule has 1 fully saturated rings. The predicted octanol–water partition coefficient (Wildman–Crippen LogP) is -2.68. The van der Waals surface area contributed by atoms with Crippen molar-refractivity contribution < 1.29 is 24.8 Å². The maximum atomic E-state index is 12.0. The fraction of sp³-hybridized carbons (Fsp3) is 0.545. The average molecular weight is 313 g/mol. The minimum atomic E-state index is -1.37. The summed E-state index contributed by atoms with van der Waals surface area (Å²) in [7, 11) is 1.32. The van der Waals surface area contributed by atoms with Gasteiger partial charge in [-0.15, -0.1) is 5.10 Å². The van der Waals surface area contributed by atoms with Gasteiger partial charge in [0.15, 0.2) is 11.9 Å². The van der Waals surface area contributed by atoms with Crippen LogP contribution in [0.15, 0.2) is 4.79 Å². The lowest BCUT2D eigenvalue weighted by molar-refractivity contribution is -0.0570. The number of fused-ring (bicyclic) bond motifs is 1. The normalized spacial score (nSPS) is 28.4. The van der Waals surface area contributed by atoms with Crippen molar-refractivity contribution in [2.75, 3.05) is 19.5 Å². The van der Waals surface area contributed by atoms with Gasteiger partial charge in [0, 0.05) is 0 Å². The van der Waals surface area contributed by atoms with Crippen molar-refractivity contribution in [3.8, 4) is 5.88 Å². The van der Waals surface area contributed by atoms with E-state index < -0.39 is 36.7 Å². The van der Waals surface area contributed by atoms with Crippen LogP contribution < -0.4 is 16.0 Å². The average Bonchev–Trinajstić information content (AvgIpc) is 2.98. The van der Waals surface area contributed by atoms with Crippen molar-refractivity contribution in [2.45, 2.75) is 24.5 Å². The molecule has 1 saturated heterocycles. The van der Waals surface area contributed by atoms with Crippen molar-refractivity contribution in [1.82, 2.24) is 19.7 Å². The number of hydrogen-bond donors (Lipinski definition) is 5. The van der Waals surface area contributed by atoms with Crippen molar-refractivity contribution in [1.29, 1.82) is 0 Å². The number of H-pyrrole nitrogens is 1. The summed E-state index contributed by atoms with van der Waals surface area (Å²) in [4.78, 5) is 18.3. The molecule has 6 N–H and O–H groups in total. The third-order valence-corrected chi connectivity index (χ3v) is 3.50. The molecular weight excluding hydrogens is 298 g/mol. The Morgan fingerprint density at radius 2 is 2.18 bits per heavy atom. The lowest BCUT2D eigenvalue weighted by atomic mass is 10.1. The van der Waals surface area contributed by atoms with Crippen LogP contribution in [0, 0.1) is 0 Å². The van der Waals surface area contributed by atoms with E-state index in [1.54, 1.807) is 0 Å². The highest BCUT2D eigenvalue weighted by molar-refractivity contribution is 5.81. The van der Waals surface area contributed by atoms with Crippen LogP contribution in [0.4, 0.5) is 5.95 Å². The third-order valence-electron chi connectivity index (χ3n) is 3.50. The summed E-state index contributed by atoms with van der Waals surface area (Å²) >= 11 is 0. The molecule has 0 spiro atoms. The Labute approximate surface area is 122 Å². The Kier molecular flexibility index (Phi) is 3.48. The highest BCUT2D eigenvalue weighted by Crippen LogP contribution is 2.32. The first-order valence-electron chi connectivity index (χ1n) is 6.42. The van der Waals surface area contributed by atoms with Gasteiger partial charge in [0.25, 0.3) is 5.56 Å². The zero-order chi connectivity index (χ0) is 16.0. The van der Waals surface area contributed by atoms with Gasteiger partial charge in [-0.25, -0.2) is 4.68 Å². The number of methoxy groups -OCH3 is 1. The molecule has 22 heavy (non-hydrogen) atoms. The molecular formula is C11H15N5O6. The number of nitrogen functional groups attached to an aromatic ring is 1. The summed E-state index contributed by atoms with van der Waals surface area (Å²) in [6, 6.07) is 0. The molecule has 2 aromatic rings. The maximum Gasteiger partial charge on any atom is 0.267 e. The number of nitrogens with two attached hydrogens (primary N) is 1. The molecule has 120 valence electrons. The second kappa shape index (κ2) is 5.21. The summed E-state index contributed by atoms with van der Waals surface area (Å²) in [6.07, 6.45) is -4.80. The highest BCUT2D eigenvalue weighted by Gasteiger charge is 2.45. The summed E-state index contributed by atoms with van der Waals surface area (Å²) in [5.41, 5.74) is 4.99. The molecule has 0 saturated carbocycles. The Morgan fingerprint density at radius 3 is 2.77 bits per heavy atom. The van der Waals surface area contributed by atoms with E-state index in [0.29, 0.717) is 0 Å². The molecule has 11 nitrogen and oxygen atoms in total. The molecule has 1 aliphatic heterocycles. The number of aliphatic hydroxyl groups excluding tert-OH is 3. The summed E-state index contributed by atoms with van der Waals surface area (Å²) in [5.74, 6) is -0.172. The summed E-state index contributed by atoms with van der Waals surface area (Å²) < 4.78 is 11.5. The van der Waals surface area contributed by atoms with Crippen molar-refractivity contribution in [3.05, 3.63) is 10.4 Å². The standard InChI is InChI=1S/C11H15N5O6/c1-21-9-4-7(13-11(12)14-8(4)20)16(15-9)10-6(19)5(18)3(2-17)22-10/h3,5-6,10,17-19H,2H2,1H3,(H3,12,13,14,20)/t3-,5-,6-,10-/m1/s1. The maximum absolute atomic E-state index is 12.0. The van der Waals surface area contributed by atoms with Crippen LogP contribution in [0.5, 0.6) is 5.88 Å².